The number of hydrogen-bond donors (Lipinski definition) is 1. The highest BCUT2D eigenvalue weighted by atomic mass is 35.5. The predicted octanol–water partition coefficient (Wildman–Crippen LogP) is 5.85. The van der Waals surface area contributed by atoms with Gasteiger partial charge in [-0.25, -0.2) is 0 Å². The van der Waals surface area contributed by atoms with E-state index < -0.39 is 0 Å². The monoisotopic (exact) mass is 456 g/mol. The number of amidine groups is 1. The average molecular weight is 457 g/mol. The van der Waals surface area contributed by atoms with Crippen molar-refractivity contribution in [1.82, 2.24) is 5.32 Å². The molecule has 0 aliphatic carbocycles. The van der Waals surface area contributed by atoms with Crippen LogP contribution in [0.3, 0.4) is 0 Å². The largest absolute Gasteiger partial charge is 0.493 e. The smallest absolute Gasteiger partial charge is 0.204 e. The van der Waals surface area contributed by atoms with Crippen molar-refractivity contribution in [2.75, 3.05) is 21.3 Å². The summed E-state index contributed by atoms with van der Waals surface area (Å²) in [7, 11) is 4.75. The van der Waals surface area contributed by atoms with Crippen molar-refractivity contribution in [1.29, 1.82) is 0 Å². The molecule has 0 saturated carbocycles. The van der Waals surface area contributed by atoms with E-state index in [0.717, 1.165) is 16.7 Å². The fourth-order valence-electron chi connectivity index (χ4n) is 3.85. The molecular formula is C24H22Cl2N2O3. The Hall–Kier alpha value is -2.89. The van der Waals surface area contributed by atoms with E-state index in [1.54, 1.807) is 21.3 Å². The molecule has 0 aromatic heterocycles. The molecule has 5 nitrogen and oxygen atoms in total. The molecule has 1 N–H and O–H groups in total. The Balaban J connectivity index is 1.86. The van der Waals surface area contributed by atoms with E-state index in [2.05, 4.69) is 5.32 Å². The Kier molecular flexibility index (Phi) is 6.25. The van der Waals surface area contributed by atoms with Crippen LogP contribution in [0.15, 0.2) is 65.7 Å². The van der Waals surface area contributed by atoms with E-state index >= 15 is 0 Å². The van der Waals surface area contributed by atoms with E-state index in [1.807, 2.05) is 60.7 Å². The predicted molar refractivity (Wildman–Crippen MR) is 124 cm³/mol. The normalized spacial score (nSPS) is 17.6. The van der Waals surface area contributed by atoms with Gasteiger partial charge in [0.15, 0.2) is 11.5 Å². The van der Waals surface area contributed by atoms with Crippen LogP contribution in [0.2, 0.25) is 10.0 Å². The van der Waals surface area contributed by atoms with Gasteiger partial charge in [0.2, 0.25) is 5.75 Å². The first-order valence-electron chi connectivity index (χ1n) is 9.71. The summed E-state index contributed by atoms with van der Waals surface area (Å²) in [6.45, 7) is 0. The van der Waals surface area contributed by atoms with Crippen molar-refractivity contribution < 1.29 is 14.2 Å². The lowest BCUT2D eigenvalue weighted by Crippen LogP contribution is -2.26. The van der Waals surface area contributed by atoms with E-state index in [0.29, 0.717) is 33.1 Å². The van der Waals surface area contributed by atoms with Crippen LogP contribution in [-0.2, 0) is 0 Å². The van der Waals surface area contributed by atoms with Crippen LogP contribution >= 0.6 is 23.2 Å². The van der Waals surface area contributed by atoms with E-state index in [1.165, 1.54) is 0 Å². The van der Waals surface area contributed by atoms with Crippen LogP contribution in [0.4, 0.5) is 0 Å². The van der Waals surface area contributed by atoms with Crippen LogP contribution in [0.25, 0.3) is 0 Å². The van der Waals surface area contributed by atoms with Crippen molar-refractivity contribution in [2.24, 2.45) is 4.99 Å². The van der Waals surface area contributed by atoms with Gasteiger partial charge in [-0.1, -0.05) is 59.6 Å². The lowest BCUT2D eigenvalue weighted by atomic mass is 9.95. The van der Waals surface area contributed by atoms with Gasteiger partial charge < -0.3 is 19.5 Å². The number of halogens is 2. The minimum atomic E-state index is -0.276. The fourth-order valence-corrected chi connectivity index (χ4v) is 4.35. The first-order chi connectivity index (χ1) is 15.1. The summed E-state index contributed by atoms with van der Waals surface area (Å²) in [5, 5.41) is 4.84. The topological polar surface area (TPSA) is 52.1 Å². The number of benzene rings is 3. The zero-order valence-electron chi connectivity index (χ0n) is 17.4. The van der Waals surface area contributed by atoms with Gasteiger partial charge in [0.1, 0.15) is 11.9 Å². The highest BCUT2D eigenvalue weighted by molar-refractivity contribution is 6.32. The summed E-state index contributed by atoms with van der Waals surface area (Å²) in [5.74, 6) is 2.27. The average Bonchev–Trinajstić information content (AvgIpc) is 3.23. The summed E-state index contributed by atoms with van der Waals surface area (Å²) >= 11 is 13.1. The van der Waals surface area contributed by atoms with Gasteiger partial charge in [0, 0.05) is 10.0 Å². The van der Waals surface area contributed by atoms with Crippen molar-refractivity contribution in [3.05, 3.63) is 87.4 Å². The third kappa shape index (κ3) is 3.91. The van der Waals surface area contributed by atoms with Gasteiger partial charge in [0.25, 0.3) is 0 Å². The second kappa shape index (κ2) is 9.08. The van der Waals surface area contributed by atoms with Gasteiger partial charge >= 0.3 is 0 Å². The number of hydrogen-bond acceptors (Lipinski definition) is 5. The number of ether oxygens (including phenoxy) is 3. The molecule has 0 amide bonds. The molecule has 3 aromatic rings. The number of nitrogens with one attached hydrogen (secondary N) is 1. The summed E-state index contributed by atoms with van der Waals surface area (Å²) < 4.78 is 16.6. The second-order valence-corrected chi connectivity index (χ2v) is 7.78. The Morgan fingerprint density at radius 3 is 1.94 bits per heavy atom. The quantitative estimate of drug-likeness (QED) is 0.505. The number of methoxy groups -OCH3 is 3. The van der Waals surface area contributed by atoms with Gasteiger partial charge in [0.05, 0.1) is 32.9 Å². The zero-order valence-corrected chi connectivity index (χ0v) is 18.9. The molecule has 0 fully saturated rings. The molecule has 0 spiro atoms. The highest BCUT2D eigenvalue weighted by Gasteiger charge is 2.35. The summed E-state index contributed by atoms with van der Waals surface area (Å²) in [5.41, 5.74) is 2.61. The molecule has 160 valence electrons. The van der Waals surface area contributed by atoms with Crippen LogP contribution in [0, 0.1) is 0 Å². The summed E-state index contributed by atoms with van der Waals surface area (Å²) in [6, 6.07) is 18.7. The first-order valence-corrected chi connectivity index (χ1v) is 10.5. The highest BCUT2D eigenvalue weighted by Crippen LogP contribution is 2.45. The Morgan fingerprint density at radius 2 is 1.35 bits per heavy atom. The van der Waals surface area contributed by atoms with Crippen LogP contribution in [0.5, 0.6) is 17.2 Å². The molecule has 1 aliphatic rings. The van der Waals surface area contributed by atoms with Crippen molar-refractivity contribution in [3.8, 4) is 17.2 Å². The molecule has 3 aromatic carbocycles. The number of nitrogens with zero attached hydrogens (tertiary/aromatic N) is 1. The van der Waals surface area contributed by atoms with Crippen LogP contribution in [0.1, 0.15) is 28.8 Å². The Bertz CT molecular complexity index is 1130. The third-order valence-electron chi connectivity index (χ3n) is 5.30. The minimum Gasteiger partial charge on any atom is -0.493 e. The molecule has 2 unspecified atom stereocenters. The number of rotatable bonds is 6. The Morgan fingerprint density at radius 1 is 0.742 bits per heavy atom. The molecular weight excluding hydrogens is 435 g/mol. The fraction of sp³-hybridized carbons (Fsp3) is 0.208. The van der Waals surface area contributed by atoms with Gasteiger partial charge in [-0.3, -0.25) is 4.99 Å². The maximum Gasteiger partial charge on any atom is 0.204 e. The number of aliphatic imine (C=N–C) groups is 1. The van der Waals surface area contributed by atoms with Gasteiger partial charge in [-0.2, -0.15) is 0 Å². The van der Waals surface area contributed by atoms with E-state index in [-0.39, 0.29) is 12.1 Å². The molecule has 0 radical (unpaired) electrons. The van der Waals surface area contributed by atoms with Crippen molar-refractivity contribution in [3.63, 3.8) is 0 Å². The molecule has 4 rings (SSSR count). The van der Waals surface area contributed by atoms with E-state index in [4.69, 9.17) is 42.4 Å². The molecule has 0 saturated heterocycles. The molecule has 2 atom stereocenters. The standard InChI is InChI=1S/C24H22Cl2N2O3/c1-29-19-13-12-16(22(30-2)23(19)31-3)24-27-20(14-8-4-6-10-17(14)25)21(28-24)15-9-5-7-11-18(15)26/h4-13,20-21H,1-3H3,(H,27,28). The summed E-state index contributed by atoms with van der Waals surface area (Å²) in [6.07, 6.45) is 0. The van der Waals surface area contributed by atoms with Crippen LogP contribution in [-0.4, -0.2) is 27.2 Å². The molecule has 7 heteroatoms. The lowest BCUT2D eigenvalue weighted by molar-refractivity contribution is 0.324. The lowest BCUT2D eigenvalue weighted by Gasteiger charge is -2.22. The van der Waals surface area contributed by atoms with Gasteiger partial charge in [-0.15, -0.1) is 0 Å². The maximum absolute atomic E-state index is 6.55. The minimum absolute atomic E-state index is 0.207. The first kappa shape index (κ1) is 21.3. The zero-order chi connectivity index (χ0) is 22.0. The van der Waals surface area contributed by atoms with Crippen LogP contribution < -0.4 is 19.5 Å². The second-order valence-electron chi connectivity index (χ2n) is 6.97. The molecule has 31 heavy (non-hydrogen) atoms. The SMILES string of the molecule is COc1ccc(C2=NC(c3ccccc3Cl)C(c3ccccc3Cl)N2)c(OC)c1OC. The third-order valence-corrected chi connectivity index (χ3v) is 5.99. The van der Waals surface area contributed by atoms with Crippen molar-refractivity contribution >= 4 is 29.0 Å². The molecule has 1 aliphatic heterocycles. The molecule has 0 bridgehead atoms. The van der Waals surface area contributed by atoms with Crippen molar-refractivity contribution in [2.45, 2.75) is 12.1 Å². The maximum atomic E-state index is 6.55. The molecule has 1 heterocycles. The van der Waals surface area contributed by atoms with E-state index in [9.17, 15) is 0 Å². The van der Waals surface area contributed by atoms with Gasteiger partial charge in [-0.05, 0) is 35.4 Å². The Labute approximate surface area is 191 Å². The summed E-state index contributed by atoms with van der Waals surface area (Å²) in [4.78, 5) is 5.01.